The standard InChI is InChI=1S/C9H13ClN2O2S/c1-6(2)12-5-8(15(10,13)14)9(11-12)7-3-4-7/h5-7H,3-4H2,1-2H3. The molecule has 1 aromatic rings. The Balaban J connectivity index is 2.51. The van der Waals surface area contributed by atoms with Crippen molar-refractivity contribution in [3.8, 4) is 0 Å². The van der Waals surface area contributed by atoms with Crippen molar-refractivity contribution in [3.05, 3.63) is 11.9 Å². The quantitative estimate of drug-likeness (QED) is 0.771. The van der Waals surface area contributed by atoms with Gasteiger partial charge in [-0.15, -0.1) is 0 Å². The lowest BCUT2D eigenvalue weighted by atomic mass is 10.3. The highest BCUT2D eigenvalue weighted by atomic mass is 35.7. The van der Waals surface area contributed by atoms with E-state index in [-0.39, 0.29) is 16.9 Å². The fourth-order valence-electron chi connectivity index (χ4n) is 1.48. The molecule has 0 bridgehead atoms. The van der Waals surface area contributed by atoms with E-state index >= 15 is 0 Å². The summed E-state index contributed by atoms with van der Waals surface area (Å²) in [5.74, 6) is 0.286. The molecule has 1 aliphatic rings. The molecule has 84 valence electrons. The van der Waals surface area contributed by atoms with Crippen LogP contribution in [0.4, 0.5) is 0 Å². The fourth-order valence-corrected chi connectivity index (χ4v) is 2.53. The van der Waals surface area contributed by atoms with Gasteiger partial charge in [0.1, 0.15) is 4.90 Å². The van der Waals surface area contributed by atoms with E-state index in [4.69, 9.17) is 10.7 Å². The van der Waals surface area contributed by atoms with Gasteiger partial charge in [0.05, 0.1) is 5.69 Å². The number of hydrogen-bond acceptors (Lipinski definition) is 3. The number of aromatic nitrogens is 2. The van der Waals surface area contributed by atoms with E-state index in [9.17, 15) is 8.42 Å². The molecule has 0 radical (unpaired) electrons. The molecule has 1 aliphatic carbocycles. The van der Waals surface area contributed by atoms with Crippen molar-refractivity contribution < 1.29 is 8.42 Å². The van der Waals surface area contributed by atoms with E-state index in [2.05, 4.69) is 5.10 Å². The topological polar surface area (TPSA) is 52.0 Å². The molecule has 2 rings (SSSR count). The molecule has 0 amide bonds. The van der Waals surface area contributed by atoms with Crippen molar-refractivity contribution in [2.75, 3.05) is 0 Å². The Morgan fingerprint density at radius 3 is 2.53 bits per heavy atom. The van der Waals surface area contributed by atoms with Gasteiger partial charge in [-0.25, -0.2) is 8.42 Å². The molecule has 1 fully saturated rings. The van der Waals surface area contributed by atoms with Crippen LogP contribution in [0, 0.1) is 0 Å². The van der Waals surface area contributed by atoms with Gasteiger partial charge in [0, 0.05) is 28.8 Å². The monoisotopic (exact) mass is 248 g/mol. The first-order valence-electron chi connectivity index (χ1n) is 4.93. The number of nitrogens with zero attached hydrogens (tertiary/aromatic N) is 2. The van der Waals surface area contributed by atoms with E-state index in [0.717, 1.165) is 12.8 Å². The molecule has 4 nitrogen and oxygen atoms in total. The third-order valence-corrected chi connectivity index (χ3v) is 3.82. The van der Waals surface area contributed by atoms with Crippen LogP contribution in [-0.4, -0.2) is 18.2 Å². The lowest BCUT2D eigenvalue weighted by molar-refractivity contribution is 0.526. The van der Waals surface area contributed by atoms with Crippen LogP contribution in [0.15, 0.2) is 11.1 Å². The molecule has 1 saturated carbocycles. The number of hydrogen-bond donors (Lipinski definition) is 0. The minimum absolute atomic E-state index is 0.148. The first-order valence-corrected chi connectivity index (χ1v) is 7.24. The van der Waals surface area contributed by atoms with Crippen LogP contribution in [0.1, 0.15) is 44.3 Å². The highest BCUT2D eigenvalue weighted by Gasteiger charge is 2.33. The van der Waals surface area contributed by atoms with E-state index < -0.39 is 9.05 Å². The van der Waals surface area contributed by atoms with Gasteiger partial charge >= 0.3 is 0 Å². The molecular weight excluding hydrogens is 236 g/mol. The SMILES string of the molecule is CC(C)n1cc(S(=O)(=O)Cl)c(C2CC2)n1. The molecule has 15 heavy (non-hydrogen) atoms. The summed E-state index contributed by atoms with van der Waals surface area (Å²) in [6.45, 7) is 3.91. The minimum atomic E-state index is -3.66. The Bertz CT molecular complexity index is 474. The highest BCUT2D eigenvalue weighted by molar-refractivity contribution is 8.13. The molecule has 0 atom stereocenters. The molecule has 0 N–H and O–H groups in total. The summed E-state index contributed by atoms with van der Waals surface area (Å²) in [5.41, 5.74) is 0.638. The maximum atomic E-state index is 11.3. The molecule has 1 heterocycles. The zero-order valence-corrected chi connectivity index (χ0v) is 10.2. The van der Waals surface area contributed by atoms with Gasteiger partial charge in [0.25, 0.3) is 9.05 Å². The van der Waals surface area contributed by atoms with E-state index in [0.29, 0.717) is 5.69 Å². The lowest BCUT2D eigenvalue weighted by Gasteiger charge is -2.02. The van der Waals surface area contributed by atoms with Crippen molar-refractivity contribution >= 4 is 19.7 Å². The summed E-state index contributed by atoms with van der Waals surface area (Å²) in [4.78, 5) is 0.181. The second-order valence-corrected chi connectivity index (χ2v) is 6.70. The first kappa shape index (κ1) is 11.0. The maximum Gasteiger partial charge on any atom is 0.264 e. The van der Waals surface area contributed by atoms with Crippen molar-refractivity contribution in [1.29, 1.82) is 0 Å². The van der Waals surface area contributed by atoms with E-state index in [1.165, 1.54) is 6.20 Å². The average molecular weight is 249 g/mol. The minimum Gasteiger partial charge on any atom is -0.269 e. The Morgan fingerprint density at radius 1 is 1.53 bits per heavy atom. The molecule has 1 aromatic heterocycles. The molecule has 0 unspecified atom stereocenters. The van der Waals surface area contributed by atoms with Crippen LogP contribution in [0.2, 0.25) is 0 Å². The van der Waals surface area contributed by atoms with Crippen molar-refractivity contribution in [2.24, 2.45) is 0 Å². The Kier molecular flexibility index (Phi) is 2.55. The average Bonchev–Trinajstić information content (AvgIpc) is 2.81. The molecule has 0 saturated heterocycles. The zero-order valence-electron chi connectivity index (χ0n) is 8.64. The summed E-state index contributed by atoms with van der Waals surface area (Å²) in [5, 5.41) is 4.29. The molecule has 0 spiro atoms. The predicted molar refractivity (Wildman–Crippen MR) is 57.6 cm³/mol. The smallest absolute Gasteiger partial charge is 0.264 e. The predicted octanol–water partition coefficient (Wildman–Crippen LogP) is 2.27. The third kappa shape index (κ3) is 2.18. The van der Waals surface area contributed by atoms with Crippen LogP contribution in [0.5, 0.6) is 0 Å². The summed E-state index contributed by atoms with van der Waals surface area (Å²) in [6, 6.07) is 0.148. The van der Waals surface area contributed by atoms with E-state index in [1.807, 2.05) is 13.8 Å². The molecular formula is C9H13ClN2O2S. The lowest BCUT2D eigenvalue weighted by Crippen LogP contribution is -2.01. The summed E-state index contributed by atoms with van der Waals surface area (Å²) in [6.07, 6.45) is 3.55. The van der Waals surface area contributed by atoms with Crippen molar-refractivity contribution in [2.45, 2.75) is 43.5 Å². The Labute approximate surface area is 93.7 Å². The van der Waals surface area contributed by atoms with Gasteiger partial charge in [0.2, 0.25) is 0 Å². The number of rotatable bonds is 3. The van der Waals surface area contributed by atoms with Gasteiger partial charge in [-0.2, -0.15) is 5.10 Å². The Hall–Kier alpha value is -0.550. The van der Waals surface area contributed by atoms with Gasteiger partial charge in [-0.3, -0.25) is 4.68 Å². The van der Waals surface area contributed by atoms with Crippen LogP contribution in [-0.2, 0) is 9.05 Å². The Morgan fingerprint density at radius 2 is 2.13 bits per heavy atom. The maximum absolute atomic E-state index is 11.3. The zero-order chi connectivity index (χ0) is 11.2. The molecule has 0 aromatic carbocycles. The van der Waals surface area contributed by atoms with E-state index in [1.54, 1.807) is 4.68 Å². The van der Waals surface area contributed by atoms with Gasteiger partial charge in [0.15, 0.2) is 0 Å². The van der Waals surface area contributed by atoms with Gasteiger partial charge in [-0.05, 0) is 26.7 Å². The van der Waals surface area contributed by atoms with Crippen LogP contribution < -0.4 is 0 Å². The summed E-state index contributed by atoms with van der Waals surface area (Å²) >= 11 is 0. The molecule has 6 heteroatoms. The fraction of sp³-hybridized carbons (Fsp3) is 0.667. The largest absolute Gasteiger partial charge is 0.269 e. The van der Waals surface area contributed by atoms with Crippen LogP contribution in [0.3, 0.4) is 0 Å². The summed E-state index contributed by atoms with van der Waals surface area (Å²) in [7, 11) is 1.71. The normalized spacial score (nSPS) is 17.3. The summed E-state index contributed by atoms with van der Waals surface area (Å²) < 4.78 is 24.3. The number of halogens is 1. The van der Waals surface area contributed by atoms with Crippen LogP contribution in [0.25, 0.3) is 0 Å². The third-order valence-electron chi connectivity index (χ3n) is 2.48. The first-order chi connectivity index (χ1) is 6.89. The van der Waals surface area contributed by atoms with Gasteiger partial charge < -0.3 is 0 Å². The highest BCUT2D eigenvalue weighted by Crippen LogP contribution is 2.42. The second-order valence-electron chi connectivity index (χ2n) is 4.16. The van der Waals surface area contributed by atoms with Crippen LogP contribution >= 0.6 is 10.7 Å². The molecule has 0 aliphatic heterocycles. The van der Waals surface area contributed by atoms with Gasteiger partial charge in [-0.1, -0.05) is 0 Å². The van der Waals surface area contributed by atoms with Crippen molar-refractivity contribution in [3.63, 3.8) is 0 Å². The van der Waals surface area contributed by atoms with Crippen molar-refractivity contribution in [1.82, 2.24) is 9.78 Å². The second kappa shape index (κ2) is 3.49.